The fraction of sp³-hybridized carbons (Fsp3) is 0.385. The van der Waals surface area contributed by atoms with Crippen LogP contribution < -0.4 is 9.47 Å². The number of carbonyl (C=O) groups is 3. The largest absolute Gasteiger partial charge is 0.497 e. The molecule has 0 saturated carbocycles. The molecular formula is C26H30N2O7S2. The molecule has 0 fully saturated rings. The van der Waals surface area contributed by atoms with Crippen molar-refractivity contribution in [3.8, 4) is 21.4 Å². The number of ketones is 1. The van der Waals surface area contributed by atoms with E-state index in [1.807, 2.05) is 34.5 Å². The number of rotatable bonds is 14. The summed E-state index contributed by atoms with van der Waals surface area (Å²) in [5.74, 6) is -0.111. The van der Waals surface area contributed by atoms with Gasteiger partial charge in [-0.25, -0.2) is 4.98 Å². The van der Waals surface area contributed by atoms with Gasteiger partial charge in [-0.1, -0.05) is 12.1 Å². The Morgan fingerprint density at radius 1 is 0.973 bits per heavy atom. The number of nitrogens with zero attached hydrogens (tertiary/aromatic N) is 2. The first-order chi connectivity index (χ1) is 17.9. The predicted molar refractivity (Wildman–Crippen MR) is 141 cm³/mol. The third kappa shape index (κ3) is 7.85. The van der Waals surface area contributed by atoms with Crippen molar-refractivity contribution < 1.29 is 33.3 Å². The number of aromatic nitrogens is 1. The number of methoxy groups -OCH3 is 2. The van der Waals surface area contributed by atoms with Gasteiger partial charge in [0.2, 0.25) is 0 Å². The minimum Gasteiger partial charge on any atom is -0.497 e. The van der Waals surface area contributed by atoms with E-state index in [4.69, 9.17) is 23.9 Å². The lowest BCUT2D eigenvalue weighted by Gasteiger charge is -2.22. The van der Waals surface area contributed by atoms with Crippen molar-refractivity contribution in [1.82, 2.24) is 9.88 Å². The fourth-order valence-corrected chi connectivity index (χ4v) is 5.41. The monoisotopic (exact) mass is 546 g/mol. The first-order valence-corrected chi connectivity index (χ1v) is 13.4. The number of ether oxygens (including phenoxy) is 4. The van der Waals surface area contributed by atoms with Crippen molar-refractivity contribution in [1.29, 1.82) is 0 Å². The predicted octanol–water partition coefficient (Wildman–Crippen LogP) is 4.59. The molecule has 0 N–H and O–H groups in total. The summed E-state index contributed by atoms with van der Waals surface area (Å²) < 4.78 is 21.0. The smallest absolute Gasteiger partial charge is 0.320 e. The summed E-state index contributed by atoms with van der Waals surface area (Å²) in [6.07, 6.45) is -0.378. The second-order valence-electron chi connectivity index (χ2n) is 7.81. The van der Waals surface area contributed by atoms with Crippen LogP contribution in [0.3, 0.4) is 0 Å². The topological polar surface area (TPSA) is 104 Å². The SMILES string of the molecule is CCOC(=O)CC(=O)c1sc(-c2cccs2)nc1CN(CC(=O)OCC)Cc1ccc(OC)cc1OC. The molecule has 2 aromatic heterocycles. The van der Waals surface area contributed by atoms with Crippen LogP contribution in [0.4, 0.5) is 0 Å². The maximum Gasteiger partial charge on any atom is 0.320 e. The maximum atomic E-state index is 13.1. The summed E-state index contributed by atoms with van der Waals surface area (Å²) >= 11 is 2.74. The standard InChI is InChI=1S/C26H30N2O7S2/c1-5-34-23(30)13-20(29)25-19(27-26(37-25)22-8-7-11-36-22)15-28(16-24(31)35-6-2)14-17-9-10-18(32-3)12-21(17)33-4/h7-12H,5-6,13-16H2,1-4H3. The average Bonchev–Trinajstić information content (AvgIpc) is 3.55. The van der Waals surface area contributed by atoms with Crippen molar-refractivity contribution in [2.24, 2.45) is 0 Å². The molecule has 0 saturated heterocycles. The Kier molecular flexibility index (Phi) is 10.6. The average molecular weight is 547 g/mol. The zero-order valence-electron chi connectivity index (χ0n) is 21.3. The number of benzene rings is 1. The van der Waals surface area contributed by atoms with Gasteiger partial charge in [0, 0.05) is 24.7 Å². The first kappa shape index (κ1) is 28.3. The van der Waals surface area contributed by atoms with Gasteiger partial charge in [0.15, 0.2) is 5.78 Å². The molecule has 0 radical (unpaired) electrons. The minimum absolute atomic E-state index is 0.0274. The molecule has 0 unspecified atom stereocenters. The Balaban J connectivity index is 1.95. The summed E-state index contributed by atoms with van der Waals surface area (Å²) in [4.78, 5) is 45.4. The van der Waals surface area contributed by atoms with E-state index < -0.39 is 11.9 Å². The highest BCUT2D eigenvalue weighted by molar-refractivity contribution is 7.22. The number of hydrogen-bond acceptors (Lipinski definition) is 11. The van der Waals surface area contributed by atoms with Crippen LogP contribution in [-0.2, 0) is 32.2 Å². The molecule has 198 valence electrons. The Morgan fingerprint density at radius 2 is 1.73 bits per heavy atom. The van der Waals surface area contributed by atoms with Gasteiger partial charge >= 0.3 is 11.9 Å². The van der Waals surface area contributed by atoms with E-state index in [1.54, 1.807) is 34.1 Å². The van der Waals surface area contributed by atoms with E-state index in [0.29, 0.717) is 33.6 Å². The van der Waals surface area contributed by atoms with Crippen molar-refractivity contribution in [2.75, 3.05) is 34.0 Å². The van der Waals surface area contributed by atoms with Gasteiger partial charge < -0.3 is 18.9 Å². The zero-order chi connectivity index (χ0) is 26.8. The van der Waals surface area contributed by atoms with Gasteiger partial charge in [0.05, 0.1) is 49.4 Å². The summed E-state index contributed by atoms with van der Waals surface area (Å²) in [5, 5.41) is 2.61. The third-order valence-electron chi connectivity index (χ3n) is 5.21. The van der Waals surface area contributed by atoms with E-state index in [9.17, 15) is 14.4 Å². The van der Waals surface area contributed by atoms with Crippen LogP contribution >= 0.6 is 22.7 Å². The lowest BCUT2D eigenvalue weighted by molar-refractivity contribution is -0.145. The molecule has 0 amide bonds. The summed E-state index contributed by atoms with van der Waals surface area (Å²) in [5.41, 5.74) is 1.31. The van der Waals surface area contributed by atoms with Crippen LogP contribution in [0.25, 0.3) is 9.88 Å². The molecule has 0 spiro atoms. The highest BCUT2D eigenvalue weighted by Gasteiger charge is 2.25. The fourth-order valence-electron chi connectivity index (χ4n) is 3.60. The third-order valence-corrected chi connectivity index (χ3v) is 7.39. The van der Waals surface area contributed by atoms with Crippen molar-refractivity contribution >= 4 is 40.4 Å². The maximum absolute atomic E-state index is 13.1. The molecule has 2 heterocycles. The summed E-state index contributed by atoms with van der Waals surface area (Å²) in [7, 11) is 3.14. The van der Waals surface area contributed by atoms with Crippen LogP contribution in [0.1, 0.15) is 41.2 Å². The second kappa shape index (κ2) is 13.9. The van der Waals surface area contributed by atoms with Crippen molar-refractivity contribution in [2.45, 2.75) is 33.4 Å². The van der Waals surface area contributed by atoms with E-state index in [2.05, 4.69) is 0 Å². The molecule has 0 aliphatic heterocycles. The van der Waals surface area contributed by atoms with Crippen LogP contribution in [0.5, 0.6) is 11.5 Å². The van der Waals surface area contributed by atoms with E-state index >= 15 is 0 Å². The number of thiophene rings is 1. The first-order valence-electron chi connectivity index (χ1n) is 11.7. The highest BCUT2D eigenvalue weighted by atomic mass is 32.1. The van der Waals surface area contributed by atoms with Gasteiger partial charge in [0.25, 0.3) is 0 Å². The van der Waals surface area contributed by atoms with Crippen LogP contribution in [-0.4, -0.2) is 61.6 Å². The Hall–Kier alpha value is -3.28. The van der Waals surface area contributed by atoms with Crippen molar-refractivity contribution in [3.05, 3.63) is 51.8 Å². The second-order valence-corrected chi connectivity index (χ2v) is 9.75. The van der Waals surface area contributed by atoms with Gasteiger partial charge in [-0.3, -0.25) is 19.3 Å². The molecule has 1 aromatic carbocycles. The quantitative estimate of drug-likeness (QED) is 0.163. The van der Waals surface area contributed by atoms with Crippen LogP contribution in [0.15, 0.2) is 35.7 Å². The lowest BCUT2D eigenvalue weighted by Crippen LogP contribution is -2.31. The van der Waals surface area contributed by atoms with Gasteiger partial charge in [-0.05, 0) is 31.4 Å². The van der Waals surface area contributed by atoms with E-state index in [0.717, 1.165) is 10.4 Å². The molecular weight excluding hydrogens is 516 g/mol. The Morgan fingerprint density at radius 3 is 2.38 bits per heavy atom. The van der Waals surface area contributed by atoms with Gasteiger partial charge in [0.1, 0.15) is 22.9 Å². The molecule has 9 nitrogen and oxygen atoms in total. The normalized spacial score (nSPS) is 10.8. The number of Topliss-reactive ketones (excluding diaryl/α,β-unsaturated/α-hetero) is 1. The lowest BCUT2D eigenvalue weighted by atomic mass is 10.1. The Bertz CT molecular complexity index is 1210. The van der Waals surface area contributed by atoms with E-state index in [1.165, 1.54) is 22.7 Å². The molecule has 0 atom stereocenters. The van der Waals surface area contributed by atoms with Crippen LogP contribution in [0.2, 0.25) is 0 Å². The number of esters is 2. The van der Waals surface area contributed by atoms with E-state index in [-0.39, 0.29) is 38.5 Å². The molecule has 37 heavy (non-hydrogen) atoms. The van der Waals surface area contributed by atoms with Crippen molar-refractivity contribution in [3.63, 3.8) is 0 Å². The Labute approximate surface area is 223 Å². The molecule has 11 heteroatoms. The minimum atomic E-state index is -0.587. The molecule has 3 aromatic rings. The highest BCUT2D eigenvalue weighted by Crippen LogP contribution is 2.33. The van der Waals surface area contributed by atoms with Gasteiger partial charge in [-0.2, -0.15) is 0 Å². The molecule has 0 bridgehead atoms. The zero-order valence-corrected chi connectivity index (χ0v) is 22.9. The molecule has 0 aliphatic rings. The van der Waals surface area contributed by atoms with Gasteiger partial charge in [-0.15, -0.1) is 22.7 Å². The summed E-state index contributed by atoms with van der Waals surface area (Å²) in [6.45, 7) is 4.36. The number of hydrogen-bond donors (Lipinski definition) is 0. The number of carbonyl (C=O) groups excluding carboxylic acids is 3. The van der Waals surface area contributed by atoms with Crippen LogP contribution in [0, 0.1) is 0 Å². The molecule has 0 aliphatic carbocycles. The number of thiazole rings is 1. The summed E-state index contributed by atoms with van der Waals surface area (Å²) in [6, 6.07) is 9.27. The molecule has 3 rings (SSSR count).